The lowest BCUT2D eigenvalue weighted by atomic mass is 9.98. The second kappa shape index (κ2) is 5.25. The van der Waals surface area contributed by atoms with Crippen molar-refractivity contribution in [3.63, 3.8) is 0 Å². The molecule has 4 nitrogen and oxygen atoms in total. The van der Waals surface area contributed by atoms with Crippen molar-refractivity contribution in [2.45, 2.75) is 12.2 Å². The van der Waals surface area contributed by atoms with Crippen molar-refractivity contribution in [2.24, 2.45) is 0 Å². The summed E-state index contributed by atoms with van der Waals surface area (Å²) in [5.74, 6) is 0. The molecule has 0 radical (unpaired) electrons. The summed E-state index contributed by atoms with van der Waals surface area (Å²) < 4.78 is 5.70. The van der Waals surface area contributed by atoms with Crippen LogP contribution in [0.5, 0.6) is 0 Å². The van der Waals surface area contributed by atoms with Crippen LogP contribution in [0, 0.1) is 0 Å². The fourth-order valence-electron chi connectivity index (χ4n) is 2.59. The zero-order chi connectivity index (χ0) is 13.2. The van der Waals surface area contributed by atoms with Gasteiger partial charge in [-0.25, -0.2) is 0 Å². The van der Waals surface area contributed by atoms with E-state index < -0.39 is 6.10 Å². The first-order valence-corrected chi connectivity index (χ1v) is 6.57. The van der Waals surface area contributed by atoms with E-state index in [1.165, 1.54) is 0 Å². The third-order valence-electron chi connectivity index (χ3n) is 3.65. The summed E-state index contributed by atoms with van der Waals surface area (Å²) in [6.45, 7) is 2.33. The Bertz CT molecular complexity index is 568. The Hall–Kier alpha value is -1.49. The molecule has 2 unspecified atom stereocenters. The highest BCUT2D eigenvalue weighted by atomic mass is 16.5. The molecule has 3 rings (SSSR count). The van der Waals surface area contributed by atoms with Gasteiger partial charge in [-0.2, -0.15) is 0 Å². The number of hydrogen-bond acceptors (Lipinski definition) is 4. The molecule has 1 fully saturated rings. The van der Waals surface area contributed by atoms with Gasteiger partial charge in [0.15, 0.2) is 0 Å². The number of hydrogen-bond donors (Lipinski definition) is 1. The van der Waals surface area contributed by atoms with Crippen molar-refractivity contribution in [1.29, 1.82) is 0 Å². The number of ether oxygens (including phenoxy) is 1. The van der Waals surface area contributed by atoms with E-state index in [-0.39, 0.29) is 6.10 Å². The second-order valence-electron chi connectivity index (χ2n) is 5.03. The summed E-state index contributed by atoms with van der Waals surface area (Å²) in [7, 11) is 2.05. The summed E-state index contributed by atoms with van der Waals surface area (Å²) in [5, 5.41) is 11.6. The lowest BCUT2D eigenvalue weighted by Gasteiger charge is -2.33. The number of fused-ring (bicyclic) bond motifs is 1. The van der Waals surface area contributed by atoms with Gasteiger partial charge in [0.1, 0.15) is 12.2 Å². The molecule has 1 N–H and O–H groups in total. The fraction of sp³-hybridized carbons (Fsp3) is 0.400. The van der Waals surface area contributed by atoms with Gasteiger partial charge in [0.05, 0.1) is 12.1 Å². The van der Waals surface area contributed by atoms with Crippen LogP contribution < -0.4 is 0 Å². The molecule has 0 aliphatic carbocycles. The van der Waals surface area contributed by atoms with E-state index in [2.05, 4.69) is 9.88 Å². The summed E-state index contributed by atoms with van der Waals surface area (Å²) in [5.41, 5.74) is 1.80. The van der Waals surface area contributed by atoms with Crippen LogP contribution in [0.4, 0.5) is 0 Å². The molecule has 1 aromatic heterocycles. The van der Waals surface area contributed by atoms with Crippen molar-refractivity contribution < 1.29 is 9.84 Å². The van der Waals surface area contributed by atoms with Gasteiger partial charge in [-0.05, 0) is 24.7 Å². The monoisotopic (exact) mass is 258 g/mol. The third kappa shape index (κ3) is 2.47. The Labute approximate surface area is 112 Å². The van der Waals surface area contributed by atoms with Crippen LogP contribution in [0.3, 0.4) is 0 Å². The van der Waals surface area contributed by atoms with E-state index in [0.717, 1.165) is 29.6 Å². The molecule has 4 heteroatoms. The summed E-state index contributed by atoms with van der Waals surface area (Å²) in [4.78, 5) is 6.50. The molecule has 0 bridgehead atoms. The number of aromatic nitrogens is 1. The maximum atomic E-state index is 10.6. The minimum Gasteiger partial charge on any atom is -0.386 e. The number of aliphatic hydroxyl groups is 1. The van der Waals surface area contributed by atoms with Crippen molar-refractivity contribution in [3.05, 3.63) is 42.1 Å². The molecule has 2 atom stereocenters. The van der Waals surface area contributed by atoms with E-state index in [1.807, 2.05) is 37.4 Å². The van der Waals surface area contributed by atoms with Crippen LogP contribution in [0.15, 0.2) is 36.5 Å². The molecule has 2 heterocycles. The molecule has 1 aliphatic rings. The summed E-state index contributed by atoms with van der Waals surface area (Å²) >= 11 is 0. The van der Waals surface area contributed by atoms with Crippen LogP contribution in [0.25, 0.3) is 10.9 Å². The predicted molar refractivity (Wildman–Crippen MR) is 73.9 cm³/mol. The molecule has 0 amide bonds. The number of likely N-dealkylation sites (N-methyl/N-ethyl adjacent to an activating group) is 1. The van der Waals surface area contributed by atoms with Crippen molar-refractivity contribution in [2.75, 3.05) is 26.7 Å². The van der Waals surface area contributed by atoms with Gasteiger partial charge in [-0.15, -0.1) is 0 Å². The van der Waals surface area contributed by atoms with E-state index in [0.29, 0.717) is 6.61 Å². The molecule has 1 aromatic carbocycles. The third-order valence-corrected chi connectivity index (χ3v) is 3.65. The number of benzene rings is 1. The smallest absolute Gasteiger partial charge is 0.107 e. The maximum Gasteiger partial charge on any atom is 0.107 e. The minimum absolute atomic E-state index is 0.176. The Morgan fingerprint density at radius 3 is 3.11 bits per heavy atom. The highest BCUT2D eigenvalue weighted by Crippen LogP contribution is 2.27. The lowest BCUT2D eigenvalue weighted by Crippen LogP contribution is -2.43. The number of pyridine rings is 1. The van der Waals surface area contributed by atoms with Gasteiger partial charge in [0, 0.05) is 24.7 Å². The van der Waals surface area contributed by atoms with Crippen molar-refractivity contribution in [1.82, 2.24) is 9.88 Å². The molecule has 2 aromatic rings. The van der Waals surface area contributed by atoms with E-state index >= 15 is 0 Å². The topological polar surface area (TPSA) is 45.6 Å². The van der Waals surface area contributed by atoms with E-state index in [9.17, 15) is 5.11 Å². The van der Waals surface area contributed by atoms with Crippen LogP contribution in [0.2, 0.25) is 0 Å². The van der Waals surface area contributed by atoms with Crippen LogP contribution >= 0.6 is 0 Å². The molecule has 0 spiro atoms. The number of morpholine rings is 1. The summed E-state index contributed by atoms with van der Waals surface area (Å²) in [6, 6.07) is 9.73. The molecule has 100 valence electrons. The molecular formula is C15H18N2O2. The number of rotatable bonds is 2. The molecule has 1 saturated heterocycles. The Morgan fingerprint density at radius 1 is 1.37 bits per heavy atom. The van der Waals surface area contributed by atoms with Crippen molar-refractivity contribution >= 4 is 10.9 Å². The normalized spacial score (nSPS) is 22.5. The van der Waals surface area contributed by atoms with Crippen molar-refractivity contribution in [3.8, 4) is 0 Å². The predicted octanol–water partition coefficient (Wildman–Crippen LogP) is 1.60. The highest BCUT2D eigenvalue weighted by molar-refractivity contribution is 5.82. The molecule has 1 aliphatic heterocycles. The quantitative estimate of drug-likeness (QED) is 0.888. The first-order chi connectivity index (χ1) is 9.25. The second-order valence-corrected chi connectivity index (χ2v) is 5.03. The Kier molecular flexibility index (Phi) is 3.46. The van der Waals surface area contributed by atoms with Crippen LogP contribution in [-0.4, -0.2) is 47.8 Å². The highest BCUT2D eigenvalue weighted by Gasteiger charge is 2.27. The Morgan fingerprint density at radius 2 is 2.26 bits per heavy atom. The lowest BCUT2D eigenvalue weighted by molar-refractivity contribution is -0.0840. The van der Waals surface area contributed by atoms with Gasteiger partial charge in [0.25, 0.3) is 0 Å². The number of nitrogens with zero attached hydrogens (tertiary/aromatic N) is 2. The Balaban J connectivity index is 1.95. The molecule has 19 heavy (non-hydrogen) atoms. The minimum atomic E-state index is -0.615. The standard InChI is InChI=1S/C15H18N2O2/c1-17-8-9-19-14(10-17)15(18)12-4-2-6-13-11(12)5-3-7-16-13/h2-7,14-15,18H,8-10H2,1H3. The molecule has 0 saturated carbocycles. The largest absolute Gasteiger partial charge is 0.386 e. The van der Waals surface area contributed by atoms with Crippen LogP contribution in [0.1, 0.15) is 11.7 Å². The first-order valence-electron chi connectivity index (χ1n) is 6.57. The van der Waals surface area contributed by atoms with Gasteiger partial charge in [0.2, 0.25) is 0 Å². The first kappa shape index (κ1) is 12.5. The van der Waals surface area contributed by atoms with Gasteiger partial charge in [-0.1, -0.05) is 18.2 Å². The zero-order valence-corrected chi connectivity index (χ0v) is 11.0. The van der Waals surface area contributed by atoms with E-state index in [4.69, 9.17) is 4.74 Å². The fourth-order valence-corrected chi connectivity index (χ4v) is 2.59. The molecular weight excluding hydrogens is 240 g/mol. The van der Waals surface area contributed by atoms with Gasteiger partial charge >= 0.3 is 0 Å². The van der Waals surface area contributed by atoms with Gasteiger partial charge < -0.3 is 14.7 Å². The average Bonchev–Trinajstić information content (AvgIpc) is 2.46. The maximum absolute atomic E-state index is 10.6. The number of aliphatic hydroxyl groups excluding tert-OH is 1. The SMILES string of the molecule is CN1CCOC(C(O)c2cccc3ncccc23)C1. The average molecular weight is 258 g/mol. The van der Waals surface area contributed by atoms with E-state index in [1.54, 1.807) is 6.20 Å². The zero-order valence-electron chi connectivity index (χ0n) is 11.0. The van der Waals surface area contributed by atoms with Crippen LogP contribution in [-0.2, 0) is 4.74 Å². The summed E-state index contributed by atoms with van der Waals surface area (Å²) in [6.07, 6.45) is 0.976. The van der Waals surface area contributed by atoms with Gasteiger partial charge in [-0.3, -0.25) is 4.98 Å².